The molecule has 0 spiro atoms. The van der Waals surface area contributed by atoms with Crippen molar-refractivity contribution in [2.45, 2.75) is 37.9 Å². The number of anilines is 2. The number of aryl methyl sites for hydroxylation is 2. The van der Waals surface area contributed by atoms with E-state index in [2.05, 4.69) is 25.6 Å². The van der Waals surface area contributed by atoms with Gasteiger partial charge in [-0.3, -0.25) is 19.1 Å². The molecule has 4 rings (SSSR count). The molecule has 1 atom stereocenters. The molecular formula is C22H26N6O3S. The van der Waals surface area contributed by atoms with Crippen LogP contribution in [-0.2, 0) is 16.6 Å². The first-order valence-corrected chi connectivity index (χ1v) is 11.5. The number of nitrogens with one attached hydrogen (secondary N) is 2. The summed E-state index contributed by atoms with van der Waals surface area (Å²) in [7, 11) is 1.76. The number of hydrogen-bond acceptors (Lipinski definition) is 6. The molecule has 0 bridgehead atoms. The SMILES string of the molecule is Cc1cc(NC(=O)c2ccc(NC(=O)CC3SC(N4CCCCC4)=NC3=O)cc2)n(C)n1. The maximum atomic E-state index is 12.5. The van der Waals surface area contributed by atoms with Crippen molar-refractivity contribution in [1.82, 2.24) is 14.7 Å². The van der Waals surface area contributed by atoms with Crippen LogP contribution in [0.2, 0.25) is 0 Å². The van der Waals surface area contributed by atoms with Gasteiger partial charge in [-0.1, -0.05) is 11.8 Å². The van der Waals surface area contributed by atoms with E-state index in [1.807, 2.05) is 6.92 Å². The summed E-state index contributed by atoms with van der Waals surface area (Å²) >= 11 is 1.38. The number of thioether (sulfide) groups is 1. The third-order valence-electron chi connectivity index (χ3n) is 5.40. The summed E-state index contributed by atoms with van der Waals surface area (Å²) in [5.74, 6) is -0.160. The van der Waals surface area contributed by atoms with Gasteiger partial charge >= 0.3 is 0 Å². The Morgan fingerprint density at radius 2 is 1.84 bits per heavy atom. The summed E-state index contributed by atoms with van der Waals surface area (Å²) in [6.07, 6.45) is 3.48. The predicted molar refractivity (Wildman–Crippen MR) is 125 cm³/mol. The molecule has 168 valence electrons. The molecule has 3 heterocycles. The van der Waals surface area contributed by atoms with E-state index in [0.29, 0.717) is 17.1 Å². The van der Waals surface area contributed by atoms with Crippen molar-refractivity contribution in [3.05, 3.63) is 41.6 Å². The Kier molecular flexibility index (Phi) is 6.59. The second-order valence-corrected chi connectivity index (χ2v) is 9.14. The van der Waals surface area contributed by atoms with Gasteiger partial charge in [0.25, 0.3) is 11.8 Å². The van der Waals surface area contributed by atoms with Crippen LogP contribution in [-0.4, -0.2) is 55.9 Å². The summed E-state index contributed by atoms with van der Waals surface area (Å²) in [5.41, 5.74) is 1.84. The lowest BCUT2D eigenvalue weighted by Crippen LogP contribution is -2.33. The molecule has 2 aliphatic heterocycles. The maximum absolute atomic E-state index is 12.5. The lowest BCUT2D eigenvalue weighted by atomic mass is 10.1. The molecule has 0 saturated carbocycles. The molecular weight excluding hydrogens is 428 g/mol. The van der Waals surface area contributed by atoms with Crippen LogP contribution in [0.3, 0.4) is 0 Å². The Morgan fingerprint density at radius 3 is 2.50 bits per heavy atom. The zero-order valence-electron chi connectivity index (χ0n) is 18.1. The number of benzene rings is 1. The Balaban J connectivity index is 1.29. The summed E-state index contributed by atoms with van der Waals surface area (Å²) in [6.45, 7) is 3.68. The number of aliphatic imine (C=N–C) groups is 1. The molecule has 2 aromatic rings. The molecule has 1 aromatic heterocycles. The zero-order chi connectivity index (χ0) is 22.7. The molecule has 10 heteroatoms. The smallest absolute Gasteiger partial charge is 0.262 e. The van der Waals surface area contributed by atoms with Crippen LogP contribution in [0.25, 0.3) is 0 Å². The third-order valence-corrected chi connectivity index (χ3v) is 6.61. The van der Waals surface area contributed by atoms with Gasteiger partial charge in [0.15, 0.2) is 5.17 Å². The summed E-state index contributed by atoms with van der Waals surface area (Å²) in [5, 5.41) is 10.1. The minimum atomic E-state index is -0.487. The predicted octanol–water partition coefficient (Wildman–Crippen LogP) is 2.79. The largest absolute Gasteiger partial charge is 0.351 e. The summed E-state index contributed by atoms with van der Waals surface area (Å²) < 4.78 is 1.60. The van der Waals surface area contributed by atoms with Crippen molar-refractivity contribution < 1.29 is 14.4 Å². The van der Waals surface area contributed by atoms with Gasteiger partial charge in [-0.15, -0.1) is 0 Å². The number of hydrogen-bond donors (Lipinski definition) is 2. The Labute approximate surface area is 190 Å². The number of amides is 3. The highest BCUT2D eigenvalue weighted by Crippen LogP contribution is 2.29. The van der Waals surface area contributed by atoms with E-state index >= 15 is 0 Å². The van der Waals surface area contributed by atoms with Crippen molar-refractivity contribution in [2.24, 2.45) is 12.0 Å². The monoisotopic (exact) mass is 454 g/mol. The third kappa shape index (κ3) is 5.18. The minimum absolute atomic E-state index is 0.0619. The van der Waals surface area contributed by atoms with Gasteiger partial charge < -0.3 is 15.5 Å². The van der Waals surface area contributed by atoms with Gasteiger partial charge in [-0.25, -0.2) is 0 Å². The number of rotatable bonds is 5. The second-order valence-electron chi connectivity index (χ2n) is 7.97. The standard InChI is InChI=1S/C22H26N6O3S/c1-14-12-18(27(2)26-14)24-20(30)15-6-8-16(9-7-15)23-19(29)13-17-21(31)25-22(32-17)28-10-4-3-5-11-28/h6-9,12,17H,3-5,10-11,13H2,1-2H3,(H,23,29)(H,24,30). The van der Waals surface area contributed by atoms with Gasteiger partial charge in [0.1, 0.15) is 11.1 Å². The van der Waals surface area contributed by atoms with Gasteiger partial charge in [-0.2, -0.15) is 10.1 Å². The van der Waals surface area contributed by atoms with Gasteiger partial charge in [-0.05, 0) is 50.5 Å². The van der Waals surface area contributed by atoms with E-state index in [4.69, 9.17) is 0 Å². The van der Waals surface area contributed by atoms with E-state index in [0.717, 1.165) is 36.8 Å². The zero-order valence-corrected chi connectivity index (χ0v) is 18.9. The number of likely N-dealkylation sites (tertiary alicyclic amines) is 1. The van der Waals surface area contributed by atoms with E-state index in [1.54, 1.807) is 42.1 Å². The molecule has 3 amide bonds. The molecule has 2 aliphatic rings. The quantitative estimate of drug-likeness (QED) is 0.719. The minimum Gasteiger partial charge on any atom is -0.351 e. The first-order valence-electron chi connectivity index (χ1n) is 10.6. The number of piperidine rings is 1. The number of carbonyl (C=O) groups is 3. The van der Waals surface area contributed by atoms with Gasteiger partial charge in [0, 0.05) is 43.9 Å². The van der Waals surface area contributed by atoms with Crippen molar-refractivity contribution in [1.29, 1.82) is 0 Å². The second kappa shape index (κ2) is 9.56. The molecule has 2 N–H and O–H groups in total. The van der Waals surface area contributed by atoms with Crippen LogP contribution in [0.4, 0.5) is 11.5 Å². The number of aromatic nitrogens is 2. The van der Waals surface area contributed by atoms with Crippen molar-refractivity contribution in [2.75, 3.05) is 23.7 Å². The molecule has 1 aromatic carbocycles. The highest BCUT2D eigenvalue weighted by molar-refractivity contribution is 8.15. The van der Waals surface area contributed by atoms with Crippen LogP contribution in [0.1, 0.15) is 41.7 Å². The lowest BCUT2D eigenvalue weighted by Gasteiger charge is -2.27. The number of nitrogens with zero attached hydrogens (tertiary/aromatic N) is 4. The van der Waals surface area contributed by atoms with Crippen LogP contribution >= 0.6 is 11.8 Å². The first kappa shape index (κ1) is 22.1. The average Bonchev–Trinajstić information content (AvgIpc) is 3.29. The fraction of sp³-hybridized carbons (Fsp3) is 0.409. The Bertz CT molecular complexity index is 1060. The fourth-order valence-corrected chi connectivity index (χ4v) is 4.85. The molecule has 9 nitrogen and oxygen atoms in total. The Morgan fingerprint density at radius 1 is 1.12 bits per heavy atom. The van der Waals surface area contributed by atoms with Gasteiger partial charge in [0.2, 0.25) is 5.91 Å². The molecule has 1 fully saturated rings. The number of amidine groups is 1. The molecule has 32 heavy (non-hydrogen) atoms. The molecule has 1 saturated heterocycles. The fourth-order valence-electron chi connectivity index (χ4n) is 3.73. The van der Waals surface area contributed by atoms with Crippen LogP contribution in [0.15, 0.2) is 35.3 Å². The van der Waals surface area contributed by atoms with E-state index in [-0.39, 0.29) is 24.1 Å². The maximum Gasteiger partial charge on any atom is 0.262 e. The van der Waals surface area contributed by atoms with E-state index in [9.17, 15) is 14.4 Å². The van der Waals surface area contributed by atoms with Crippen molar-refractivity contribution in [3.63, 3.8) is 0 Å². The summed E-state index contributed by atoms with van der Waals surface area (Å²) in [4.78, 5) is 43.5. The lowest BCUT2D eigenvalue weighted by molar-refractivity contribution is -0.121. The van der Waals surface area contributed by atoms with Crippen LogP contribution in [0.5, 0.6) is 0 Å². The van der Waals surface area contributed by atoms with Crippen LogP contribution < -0.4 is 10.6 Å². The van der Waals surface area contributed by atoms with E-state index < -0.39 is 5.25 Å². The first-order chi connectivity index (χ1) is 15.4. The Hall–Kier alpha value is -3.14. The van der Waals surface area contributed by atoms with Crippen molar-refractivity contribution in [3.8, 4) is 0 Å². The highest BCUT2D eigenvalue weighted by atomic mass is 32.2. The highest BCUT2D eigenvalue weighted by Gasteiger charge is 2.33. The normalized spacial score (nSPS) is 18.4. The van der Waals surface area contributed by atoms with Crippen molar-refractivity contribution >= 4 is 46.2 Å². The van der Waals surface area contributed by atoms with E-state index in [1.165, 1.54) is 18.2 Å². The summed E-state index contributed by atoms with van der Waals surface area (Å²) in [6, 6.07) is 8.40. The van der Waals surface area contributed by atoms with Gasteiger partial charge in [0.05, 0.1) is 5.69 Å². The molecule has 0 aliphatic carbocycles. The number of carbonyl (C=O) groups excluding carboxylic acids is 3. The average molecular weight is 455 g/mol. The molecule has 1 unspecified atom stereocenters. The molecule has 0 radical (unpaired) electrons. The topological polar surface area (TPSA) is 109 Å². The van der Waals surface area contributed by atoms with Crippen LogP contribution in [0, 0.1) is 6.92 Å².